The second-order valence-corrected chi connectivity index (χ2v) is 7.04. The van der Waals surface area contributed by atoms with Gasteiger partial charge in [-0.2, -0.15) is 0 Å². The van der Waals surface area contributed by atoms with Crippen LogP contribution in [-0.4, -0.2) is 42.7 Å². The minimum atomic E-state index is -0.194. The van der Waals surface area contributed by atoms with E-state index in [-0.39, 0.29) is 5.91 Å². The number of methoxy groups -OCH3 is 2. The molecular formula is C21H28N4O3. The summed E-state index contributed by atoms with van der Waals surface area (Å²) in [5.74, 6) is 1.71. The molecule has 0 spiro atoms. The lowest BCUT2D eigenvalue weighted by Crippen LogP contribution is -2.27. The topological polar surface area (TPSA) is 85.4 Å². The lowest BCUT2D eigenvalue weighted by Gasteiger charge is -2.13. The lowest BCUT2D eigenvalue weighted by atomic mass is 10.1. The van der Waals surface area contributed by atoms with Crippen molar-refractivity contribution in [1.29, 1.82) is 0 Å². The molecule has 1 aromatic carbocycles. The van der Waals surface area contributed by atoms with Crippen LogP contribution in [0, 0.1) is 6.92 Å². The van der Waals surface area contributed by atoms with Crippen LogP contribution >= 0.6 is 0 Å². The Balaban J connectivity index is 1.58. The molecule has 0 atom stereocenters. The second kappa shape index (κ2) is 9.39. The van der Waals surface area contributed by atoms with Gasteiger partial charge in [-0.25, -0.2) is 9.97 Å². The van der Waals surface area contributed by atoms with Gasteiger partial charge in [-0.1, -0.05) is 18.9 Å². The van der Waals surface area contributed by atoms with Crippen molar-refractivity contribution in [3.63, 3.8) is 0 Å². The van der Waals surface area contributed by atoms with Crippen molar-refractivity contribution in [3.8, 4) is 11.5 Å². The first-order chi connectivity index (χ1) is 13.6. The zero-order chi connectivity index (χ0) is 19.9. The highest BCUT2D eigenvalue weighted by Crippen LogP contribution is 2.27. The normalized spacial score (nSPS) is 14.0. The molecule has 0 aliphatic heterocycles. The number of aryl methyl sites for hydroxylation is 1. The molecule has 3 rings (SSSR count). The van der Waals surface area contributed by atoms with Crippen LogP contribution in [0.2, 0.25) is 0 Å². The summed E-state index contributed by atoms with van der Waals surface area (Å²) in [6.45, 7) is 2.38. The van der Waals surface area contributed by atoms with Crippen LogP contribution in [0.5, 0.6) is 11.5 Å². The lowest BCUT2D eigenvalue weighted by molar-refractivity contribution is 0.0949. The average Bonchev–Trinajstić information content (AvgIpc) is 3.20. The van der Waals surface area contributed by atoms with Crippen LogP contribution in [0.4, 0.5) is 5.95 Å². The number of ether oxygens (including phenoxy) is 2. The van der Waals surface area contributed by atoms with Gasteiger partial charge in [-0.15, -0.1) is 0 Å². The van der Waals surface area contributed by atoms with Crippen molar-refractivity contribution >= 4 is 11.9 Å². The summed E-state index contributed by atoms with van der Waals surface area (Å²) >= 11 is 0. The molecule has 150 valence electrons. The summed E-state index contributed by atoms with van der Waals surface area (Å²) in [6.07, 6.45) is 5.40. The van der Waals surface area contributed by atoms with Crippen molar-refractivity contribution in [3.05, 3.63) is 41.2 Å². The molecule has 1 aliphatic rings. The Kier molecular flexibility index (Phi) is 6.68. The van der Waals surface area contributed by atoms with Gasteiger partial charge in [0, 0.05) is 18.3 Å². The summed E-state index contributed by atoms with van der Waals surface area (Å²) < 4.78 is 10.6. The molecule has 0 radical (unpaired) electrons. The predicted molar refractivity (Wildman–Crippen MR) is 108 cm³/mol. The van der Waals surface area contributed by atoms with E-state index in [1.54, 1.807) is 20.3 Å². The highest BCUT2D eigenvalue weighted by Gasteiger charge is 2.17. The highest BCUT2D eigenvalue weighted by atomic mass is 16.5. The fraction of sp³-hybridized carbons (Fsp3) is 0.476. The van der Waals surface area contributed by atoms with Crippen molar-refractivity contribution in [2.45, 2.75) is 45.1 Å². The van der Waals surface area contributed by atoms with Gasteiger partial charge < -0.3 is 20.1 Å². The summed E-state index contributed by atoms with van der Waals surface area (Å²) in [6, 6.07) is 7.87. The number of benzene rings is 1. The summed E-state index contributed by atoms with van der Waals surface area (Å²) in [7, 11) is 3.22. The summed E-state index contributed by atoms with van der Waals surface area (Å²) in [5.41, 5.74) is 2.22. The molecule has 1 saturated carbocycles. The number of hydrogen-bond acceptors (Lipinski definition) is 6. The van der Waals surface area contributed by atoms with E-state index in [1.807, 2.05) is 25.1 Å². The fourth-order valence-electron chi connectivity index (χ4n) is 3.45. The number of aromatic nitrogens is 2. The smallest absolute Gasteiger partial charge is 0.270 e. The number of nitrogens with zero attached hydrogens (tertiary/aromatic N) is 2. The van der Waals surface area contributed by atoms with Crippen LogP contribution in [0.25, 0.3) is 0 Å². The van der Waals surface area contributed by atoms with Crippen molar-refractivity contribution in [2.75, 3.05) is 26.1 Å². The molecule has 0 bridgehead atoms. The van der Waals surface area contributed by atoms with Gasteiger partial charge in [-0.3, -0.25) is 4.79 Å². The Labute approximate surface area is 165 Å². The van der Waals surface area contributed by atoms with Gasteiger partial charge in [0.15, 0.2) is 11.5 Å². The van der Waals surface area contributed by atoms with Crippen molar-refractivity contribution in [1.82, 2.24) is 15.3 Å². The van der Waals surface area contributed by atoms with E-state index in [2.05, 4.69) is 20.6 Å². The zero-order valence-electron chi connectivity index (χ0n) is 16.7. The van der Waals surface area contributed by atoms with E-state index in [1.165, 1.54) is 12.8 Å². The molecule has 2 N–H and O–H groups in total. The van der Waals surface area contributed by atoms with Gasteiger partial charge in [-0.05, 0) is 49.9 Å². The zero-order valence-corrected chi connectivity index (χ0v) is 16.7. The Morgan fingerprint density at radius 3 is 2.57 bits per heavy atom. The number of hydrogen-bond donors (Lipinski definition) is 2. The van der Waals surface area contributed by atoms with Gasteiger partial charge >= 0.3 is 0 Å². The molecule has 0 unspecified atom stereocenters. The molecule has 2 aromatic rings. The molecule has 1 fully saturated rings. The van der Waals surface area contributed by atoms with Crippen LogP contribution in [0.3, 0.4) is 0 Å². The average molecular weight is 384 g/mol. The largest absolute Gasteiger partial charge is 0.493 e. The minimum absolute atomic E-state index is 0.194. The van der Waals surface area contributed by atoms with Gasteiger partial charge in [0.05, 0.1) is 14.2 Å². The monoisotopic (exact) mass is 384 g/mol. The Morgan fingerprint density at radius 1 is 1.11 bits per heavy atom. The maximum Gasteiger partial charge on any atom is 0.270 e. The molecule has 0 saturated heterocycles. The van der Waals surface area contributed by atoms with Gasteiger partial charge in [0.25, 0.3) is 5.91 Å². The minimum Gasteiger partial charge on any atom is -0.493 e. The maximum absolute atomic E-state index is 12.5. The van der Waals surface area contributed by atoms with E-state index in [0.29, 0.717) is 42.1 Å². The summed E-state index contributed by atoms with van der Waals surface area (Å²) in [4.78, 5) is 21.3. The molecule has 1 heterocycles. The molecule has 28 heavy (non-hydrogen) atoms. The standard InChI is InChI=1S/C21H28N4O3/c1-14-12-17(25-21(23-14)24-16-6-4-5-7-16)20(26)22-11-10-15-8-9-18(27-2)19(13-15)28-3/h8-9,12-13,16H,4-7,10-11H2,1-3H3,(H,22,26)(H,23,24,25). The van der Waals surface area contributed by atoms with Gasteiger partial charge in [0.2, 0.25) is 5.95 Å². The third-order valence-corrected chi connectivity index (χ3v) is 4.92. The van der Waals surface area contributed by atoms with Gasteiger partial charge in [0.1, 0.15) is 5.69 Å². The van der Waals surface area contributed by atoms with E-state index in [0.717, 1.165) is 24.1 Å². The number of anilines is 1. The van der Waals surface area contributed by atoms with Crippen LogP contribution in [0.15, 0.2) is 24.3 Å². The first-order valence-electron chi connectivity index (χ1n) is 9.70. The van der Waals surface area contributed by atoms with Crippen LogP contribution in [-0.2, 0) is 6.42 Å². The number of rotatable bonds is 8. The predicted octanol–water partition coefficient (Wildman–Crippen LogP) is 3.13. The quantitative estimate of drug-likeness (QED) is 0.727. The van der Waals surface area contributed by atoms with Crippen LogP contribution < -0.4 is 20.1 Å². The van der Waals surface area contributed by atoms with E-state index in [9.17, 15) is 4.79 Å². The SMILES string of the molecule is COc1ccc(CCNC(=O)c2cc(C)nc(NC3CCCC3)n2)cc1OC. The highest BCUT2D eigenvalue weighted by molar-refractivity contribution is 5.92. The molecule has 1 aromatic heterocycles. The van der Waals surface area contributed by atoms with Crippen LogP contribution in [0.1, 0.15) is 47.4 Å². The molecule has 1 amide bonds. The molecule has 7 nitrogen and oxygen atoms in total. The van der Waals surface area contributed by atoms with Crippen molar-refractivity contribution < 1.29 is 14.3 Å². The summed E-state index contributed by atoms with van der Waals surface area (Å²) in [5, 5.41) is 6.29. The van der Waals surface area contributed by atoms with E-state index < -0.39 is 0 Å². The molecule has 7 heteroatoms. The number of amides is 1. The Morgan fingerprint density at radius 2 is 1.86 bits per heavy atom. The number of carbonyl (C=O) groups is 1. The maximum atomic E-state index is 12.5. The van der Waals surface area contributed by atoms with E-state index >= 15 is 0 Å². The van der Waals surface area contributed by atoms with Crippen molar-refractivity contribution in [2.24, 2.45) is 0 Å². The second-order valence-electron chi connectivity index (χ2n) is 7.04. The third kappa shape index (κ3) is 5.12. The first-order valence-corrected chi connectivity index (χ1v) is 9.70. The Bertz CT molecular complexity index is 819. The third-order valence-electron chi connectivity index (χ3n) is 4.92. The first kappa shape index (κ1) is 19.9. The molecular weight excluding hydrogens is 356 g/mol. The fourth-order valence-corrected chi connectivity index (χ4v) is 3.45. The molecule has 1 aliphatic carbocycles. The number of carbonyl (C=O) groups excluding carboxylic acids is 1. The van der Waals surface area contributed by atoms with E-state index in [4.69, 9.17) is 9.47 Å². The number of nitrogens with one attached hydrogen (secondary N) is 2. The Hall–Kier alpha value is -2.83.